The van der Waals surface area contributed by atoms with Gasteiger partial charge in [0, 0.05) is 12.2 Å². The number of ether oxygens (including phenoxy) is 5. The first-order chi connectivity index (χ1) is 17.7. The van der Waals surface area contributed by atoms with Crippen LogP contribution in [0.5, 0.6) is 28.7 Å². The molecular formula is C30H31NO5. The molecule has 1 N–H and O–H groups in total. The van der Waals surface area contributed by atoms with E-state index in [9.17, 15) is 0 Å². The van der Waals surface area contributed by atoms with Gasteiger partial charge >= 0.3 is 0 Å². The SMILES string of the molecule is COc1cc(CNc2ccc(COc3ccc(OCc4ccccc4)cc3)cc2)cc(OC)c1OC. The fraction of sp³-hybridized carbons (Fsp3) is 0.200. The first-order valence-electron chi connectivity index (χ1n) is 11.7. The second-order valence-electron chi connectivity index (χ2n) is 8.12. The zero-order chi connectivity index (χ0) is 25.2. The minimum Gasteiger partial charge on any atom is -0.493 e. The lowest BCUT2D eigenvalue weighted by atomic mass is 10.1. The summed E-state index contributed by atoms with van der Waals surface area (Å²) in [4.78, 5) is 0. The number of nitrogens with one attached hydrogen (secondary N) is 1. The number of benzene rings is 4. The summed E-state index contributed by atoms with van der Waals surface area (Å²) >= 11 is 0. The van der Waals surface area contributed by atoms with Gasteiger partial charge in [0.25, 0.3) is 0 Å². The lowest BCUT2D eigenvalue weighted by Crippen LogP contribution is -2.02. The van der Waals surface area contributed by atoms with Gasteiger partial charge in [-0.05, 0) is 65.2 Å². The van der Waals surface area contributed by atoms with Crippen LogP contribution in [0.1, 0.15) is 16.7 Å². The van der Waals surface area contributed by atoms with Crippen molar-refractivity contribution in [3.8, 4) is 28.7 Å². The second-order valence-corrected chi connectivity index (χ2v) is 8.12. The van der Waals surface area contributed by atoms with Gasteiger partial charge in [-0.3, -0.25) is 0 Å². The minimum atomic E-state index is 0.484. The van der Waals surface area contributed by atoms with Crippen molar-refractivity contribution < 1.29 is 23.7 Å². The topological polar surface area (TPSA) is 58.2 Å². The fourth-order valence-electron chi connectivity index (χ4n) is 3.70. The monoisotopic (exact) mass is 485 g/mol. The van der Waals surface area contributed by atoms with Crippen LogP contribution in [0, 0.1) is 0 Å². The van der Waals surface area contributed by atoms with Gasteiger partial charge in [-0.25, -0.2) is 0 Å². The molecule has 0 aromatic heterocycles. The number of rotatable bonds is 12. The highest BCUT2D eigenvalue weighted by atomic mass is 16.5. The smallest absolute Gasteiger partial charge is 0.203 e. The van der Waals surface area contributed by atoms with E-state index in [0.29, 0.717) is 37.0 Å². The third-order valence-electron chi connectivity index (χ3n) is 5.65. The molecule has 0 amide bonds. The molecule has 0 saturated heterocycles. The van der Waals surface area contributed by atoms with E-state index in [1.54, 1.807) is 21.3 Å². The molecule has 0 aliphatic rings. The van der Waals surface area contributed by atoms with Crippen molar-refractivity contribution in [2.45, 2.75) is 19.8 Å². The van der Waals surface area contributed by atoms with Crippen LogP contribution >= 0.6 is 0 Å². The van der Waals surface area contributed by atoms with E-state index in [4.69, 9.17) is 23.7 Å². The molecule has 0 bridgehead atoms. The van der Waals surface area contributed by atoms with Crippen LogP contribution in [-0.4, -0.2) is 21.3 Å². The summed E-state index contributed by atoms with van der Waals surface area (Å²) in [7, 11) is 4.83. The van der Waals surface area contributed by atoms with Crippen molar-refractivity contribution in [2.75, 3.05) is 26.6 Å². The lowest BCUT2D eigenvalue weighted by molar-refractivity contribution is 0.297. The Balaban J connectivity index is 1.26. The Morgan fingerprint density at radius 3 is 1.58 bits per heavy atom. The molecule has 0 spiro atoms. The van der Waals surface area contributed by atoms with Crippen LogP contribution in [0.4, 0.5) is 5.69 Å². The standard InChI is InChI=1S/C30H31NO5/c1-32-28-17-24(18-29(33-2)30(28)34-3)19-31-25-11-9-23(10-12-25)21-36-27-15-13-26(14-16-27)35-20-22-7-5-4-6-8-22/h4-18,31H,19-21H2,1-3H3. The van der Waals surface area contributed by atoms with E-state index >= 15 is 0 Å². The second kappa shape index (κ2) is 12.4. The Morgan fingerprint density at radius 2 is 1.08 bits per heavy atom. The van der Waals surface area contributed by atoms with E-state index < -0.39 is 0 Å². The molecule has 0 heterocycles. The van der Waals surface area contributed by atoms with Gasteiger partial charge in [0.2, 0.25) is 5.75 Å². The molecule has 6 nitrogen and oxygen atoms in total. The van der Waals surface area contributed by atoms with Crippen molar-refractivity contribution in [2.24, 2.45) is 0 Å². The maximum Gasteiger partial charge on any atom is 0.203 e. The Hall–Kier alpha value is -4.32. The minimum absolute atomic E-state index is 0.484. The molecular weight excluding hydrogens is 454 g/mol. The molecule has 0 aliphatic carbocycles. The average Bonchev–Trinajstić information content (AvgIpc) is 2.94. The Kier molecular flexibility index (Phi) is 8.54. The summed E-state index contributed by atoms with van der Waals surface area (Å²) in [5.74, 6) is 3.47. The van der Waals surface area contributed by atoms with Gasteiger partial charge in [-0.1, -0.05) is 42.5 Å². The predicted molar refractivity (Wildman–Crippen MR) is 141 cm³/mol. The summed E-state index contributed by atoms with van der Waals surface area (Å²) in [6.45, 7) is 1.64. The van der Waals surface area contributed by atoms with Crippen LogP contribution in [0.25, 0.3) is 0 Å². The van der Waals surface area contributed by atoms with Gasteiger partial charge < -0.3 is 29.0 Å². The van der Waals surface area contributed by atoms with Crippen LogP contribution in [0.2, 0.25) is 0 Å². The van der Waals surface area contributed by atoms with E-state index in [1.165, 1.54) is 0 Å². The molecule has 0 saturated carbocycles. The average molecular weight is 486 g/mol. The van der Waals surface area contributed by atoms with Crippen molar-refractivity contribution in [1.29, 1.82) is 0 Å². The Labute approximate surface area is 212 Å². The number of hydrogen-bond acceptors (Lipinski definition) is 6. The quantitative estimate of drug-likeness (QED) is 0.248. The van der Waals surface area contributed by atoms with E-state index in [1.807, 2.05) is 78.9 Å². The lowest BCUT2D eigenvalue weighted by Gasteiger charge is -2.15. The molecule has 0 fully saturated rings. The van der Waals surface area contributed by atoms with Gasteiger partial charge in [0.1, 0.15) is 24.7 Å². The number of methoxy groups -OCH3 is 3. The number of anilines is 1. The molecule has 4 aromatic carbocycles. The first-order valence-corrected chi connectivity index (χ1v) is 11.7. The normalized spacial score (nSPS) is 10.4. The largest absolute Gasteiger partial charge is 0.493 e. The zero-order valence-electron chi connectivity index (χ0n) is 20.8. The predicted octanol–water partition coefficient (Wildman–Crippen LogP) is 6.48. The van der Waals surface area contributed by atoms with Crippen molar-refractivity contribution in [3.05, 3.63) is 108 Å². The molecule has 0 unspecified atom stereocenters. The third kappa shape index (κ3) is 6.63. The Bertz CT molecular complexity index is 1200. The molecule has 0 aliphatic heterocycles. The third-order valence-corrected chi connectivity index (χ3v) is 5.65. The van der Waals surface area contributed by atoms with Crippen LogP contribution in [0.3, 0.4) is 0 Å². The molecule has 6 heteroatoms. The molecule has 4 rings (SSSR count). The van der Waals surface area contributed by atoms with E-state index in [0.717, 1.165) is 33.9 Å². The zero-order valence-corrected chi connectivity index (χ0v) is 20.8. The summed E-state index contributed by atoms with van der Waals surface area (Å²) in [5, 5.41) is 3.43. The highest BCUT2D eigenvalue weighted by Crippen LogP contribution is 2.38. The fourth-order valence-corrected chi connectivity index (χ4v) is 3.70. The van der Waals surface area contributed by atoms with Gasteiger partial charge in [0.15, 0.2) is 11.5 Å². The van der Waals surface area contributed by atoms with Crippen molar-refractivity contribution >= 4 is 5.69 Å². The maximum absolute atomic E-state index is 5.94. The highest BCUT2D eigenvalue weighted by molar-refractivity contribution is 5.55. The molecule has 186 valence electrons. The van der Waals surface area contributed by atoms with E-state index in [-0.39, 0.29) is 0 Å². The highest BCUT2D eigenvalue weighted by Gasteiger charge is 2.13. The number of hydrogen-bond donors (Lipinski definition) is 1. The summed E-state index contributed by atoms with van der Waals surface area (Å²) in [5.41, 5.74) is 4.25. The summed E-state index contributed by atoms with van der Waals surface area (Å²) in [6, 6.07) is 29.9. The first kappa shape index (κ1) is 24.8. The summed E-state index contributed by atoms with van der Waals surface area (Å²) < 4.78 is 28.0. The molecule has 4 aromatic rings. The molecule has 36 heavy (non-hydrogen) atoms. The van der Waals surface area contributed by atoms with Gasteiger partial charge in [-0.2, -0.15) is 0 Å². The maximum atomic E-state index is 5.94. The van der Waals surface area contributed by atoms with Crippen molar-refractivity contribution in [1.82, 2.24) is 0 Å². The Morgan fingerprint density at radius 1 is 0.556 bits per heavy atom. The van der Waals surface area contributed by atoms with Crippen LogP contribution in [-0.2, 0) is 19.8 Å². The molecule has 0 atom stereocenters. The van der Waals surface area contributed by atoms with Crippen molar-refractivity contribution in [3.63, 3.8) is 0 Å². The molecule has 0 radical (unpaired) electrons. The van der Waals surface area contributed by atoms with Crippen LogP contribution < -0.4 is 29.0 Å². The van der Waals surface area contributed by atoms with Crippen LogP contribution in [0.15, 0.2) is 91.0 Å². The van der Waals surface area contributed by atoms with E-state index in [2.05, 4.69) is 17.4 Å². The summed E-state index contributed by atoms with van der Waals surface area (Å²) in [6.07, 6.45) is 0. The van der Waals surface area contributed by atoms with Gasteiger partial charge in [0.05, 0.1) is 21.3 Å². The van der Waals surface area contributed by atoms with Gasteiger partial charge in [-0.15, -0.1) is 0 Å².